The van der Waals surface area contributed by atoms with Gasteiger partial charge in [-0.3, -0.25) is 9.59 Å². The normalized spacial score (nSPS) is 16.0. The number of carbonyl (C=O) groups excluding carboxylic acids is 2. The van der Waals surface area contributed by atoms with E-state index >= 15 is 0 Å². The molecule has 0 spiro atoms. The van der Waals surface area contributed by atoms with Gasteiger partial charge in [-0.05, 0) is 37.5 Å². The highest BCUT2D eigenvalue weighted by atomic mass is 35.5. The van der Waals surface area contributed by atoms with Gasteiger partial charge in [-0.15, -0.1) is 0 Å². The number of anilines is 1. The predicted molar refractivity (Wildman–Crippen MR) is 86.3 cm³/mol. The Morgan fingerprint density at radius 1 is 1.50 bits per heavy atom. The molecule has 1 aromatic rings. The molecule has 2 N–H and O–H groups in total. The van der Waals surface area contributed by atoms with Crippen LogP contribution in [0.15, 0.2) is 18.2 Å². The van der Waals surface area contributed by atoms with Gasteiger partial charge in [0.05, 0.1) is 16.7 Å². The number of aliphatic hydroxyl groups is 1. The fourth-order valence-corrected chi connectivity index (χ4v) is 2.63. The summed E-state index contributed by atoms with van der Waals surface area (Å²) in [5, 5.41) is 12.6. The van der Waals surface area contributed by atoms with Crippen LogP contribution in [0.25, 0.3) is 0 Å². The van der Waals surface area contributed by atoms with Crippen LogP contribution in [0.3, 0.4) is 0 Å². The third kappa shape index (κ3) is 3.99. The smallest absolute Gasteiger partial charge is 0.252 e. The zero-order valence-electron chi connectivity index (χ0n) is 12.6. The molecular formula is C16H21ClN2O3. The molecule has 1 aromatic carbocycles. The Balaban J connectivity index is 2.06. The SMILES string of the molecule is CCC(O)CCNC(=O)c1cc(N2CCCC2=O)ccc1Cl. The number of hydrogen-bond donors (Lipinski definition) is 2. The Labute approximate surface area is 135 Å². The van der Waals surface area contributed by atoms with Gasteiger partial charge < -0.3 is 15.3 Å². The number of amides is 2. The minimum atomic E-state index is -0.413. The van der Waals surface area contributed by atoms with Crippen LogP contribution < -0.4 is 10.2 Å². The lowest BCUT2D eigenvalue weighted by molar-refractivity contribution is -0.117. The summed E-state index contributed by atoms with van der Waals surface area (Å²) in [4.78, 5) is 25.7. The van der Waals surface area contributed by atoms with Crippen molar-refractivity contribution in [3.05, 3.63) is 28.8 Å². The van der Waals surface area contributed by atoms with Crippen molar-refractivity contribution in [2.75, 3.05) is 18.0 Å². The highest BCUT2D eigenvalue weighted by Gasteiger charge is 2.23. The Kier molecular flexibility index (Phi) is 5.80. The van der Waals surface area contributed by atoms with E-state index in [1.807, 2.05) is 6.92 Å². The lowest BCUT2D eigenvalue weighted by Crippen LogP contribution is -2.28. The van der Waals surface area contributed by atoms with Crippen LogP contribution >= 0.6 is 11.6 Å². The van der Waals surface area contributed by atoms with Crippen LogP contribution in [0.4, 0.5) is 5.69 Å². The molecule has 1 atom stereocenters. The van der Waals surface area contributed by atoms with Crippen molar-refractivity contribution in [1.82, 2.24) is 5.32 Å². The van der Waals surface area contributed by atoms with E-state index in [9.17, 15) is 14.7 Å². The highest BCUT2D eigenvalue weighted by molar-refractivity contribution is 6.34. The number of aliphatic hydroxyl groups excluding tert-OH is 1. The average molecular weight is 325 g/mol. The summed E-state index contributed by atoms with van der Waals surface area (Å²) < 4.78 is 0. The van der Waals surface area contributed by atoms with E-state index in [0.29, 0.717) is 48.6 Å². The molecule has 22 heavy (non-hydrogen) atoms. The number of benzene rings is 1. The lowest BCUT2D eigenvalue weighted by atomic mass is 10.1. The first-order chi connectivity index (χ1) is 10.5. The summed E-state index contributed by atoms with van der Waals surface area (Å²) in [7, 11) is 0. The van der Waals surface area contributed by atoms with Crippen molar-refractivity contribution in [3.8, 4) is 0 Å². The van der Waals surface area contributed by atoms with Crippen LogP contribution in [-0.4, -0.2) is 36.1 Å². The van der Waals surface area contributed by atoms with Gasteiger partial charge in [0.2, 0.25) is 5.91 Å². The van der Waals surface area contributed by atoms with Gasteiger partial charge in [0, 0.05) is 25.2 Å². The summed E-state index contributed by atoms with van der Waals surface area (Å²) in [5.41, 5.74) is 1.05. The van der Waals surface area contributed by atoms with Crippen LogP contribution in [0, 0.1) is 0 Å². The third-order valence-electron chi connectivity index (χ3n) is 3.81. The molecule has 2 rings (SSSR count). The molecule has 2 amide bonds. The summed E-state index contributed by atoms with van der Waals surface area (Å²) in [6.07, 6.45) is 2.12. The monoisotopic (exact) mass is 324 g/mol. The first kappa shape index (κ1) is 16.8. The van der Waals surface area contributed by atoms with Crippen molar-refractivity contribution in [2.45, 2.75) is 38.7 Å². The molecule has 1 aliphatic rings. The minimum absolute atomic E-state index is 0.0692. The molecule has 120 valence electrons. The number of rotatable bonds is 6. The maximum absolute atomic E-state index is 12.2. The lowest BCUT2D eigenvalue weighted by Gasteiger charge is -2.17. The molecule has 1 saturated heterocycles. The molecule has 0 bridgehead atoms. The summed E-state index contributed by atoms with van der Waals surface area (Å²) in [5.74, 6) is -0.221. The summed E-state index contributed by atoms with van der Waals surface area (Å²) in [6.45, 7) is 2.95. The minimum Gasteiger partial charge on any atom is -0.393 e. The van der Waals surface area contributed by atoms with Crippen molar-refractivity contribution in [1.29, 1.82) is 0 Å². The highest BCUT2D eigenvalue weighted by Crippen LogP contribution is 2.26. The van der Waals surface area contributed by atoms with E-state index in [2.05, 4.69) is 5.32 Å². The fraction of sp³-hybridized carbons (Fsp3) is 0.500. The average Bonchev–Trinajstić information content (AvgIpc) is 2.93. The second-order valence-electron chi connectivity index (χ2n) is 5.42. The summed E-state index contributed by atoms with van der Waals surface area (Å²) in [6, 6.07) is 5.04. The van der Waals surface area contributed by atoms with Gasteiger partial charge in [-0.2, -0.15) is 0 Å². The molecule has 1 heterocycles. The molecule has 0 saturated carbocycles. The molecule has 1 fully saturated rings. The Morgan fingerprint density at radius 2 is 2.27 bits per heavy atom. The van der Waals surface area contributed by atoms with E-state index in [1.54, 1.807) is 23.1 Å². The Hall–Kier alpha value is -1.59. The third-order valence-corrected chi connectivity index (χ3v) is 4.14. The van der Waals surface area contributed by atoms with E-state index in [4.69, 9.17) is 11.6 Å². The second kappa shape index (κ2) is 7.61. The van der Waals surface area contributed by atoms with Gasteiger partial charge in [0.25, 0.3) is 5.91 Å². The molecule has 0 aromatic heterocycles. The van der Waals surface area contributed by atoms with Crippen LogP contribution in [0.1, 0.15) is 43.0 Å². The molecular weight excluding hydrogens is 304 g/mol. The Morgan fingerprint density at radius 3 is 2.91 bits per heavy atom. The molecule has 1 aliphatic heterocycles. The van der Waals surface area contributed by atoms with Gasteiger partial charge in [-0.25, -0.2) is 0 Å². The zero-order chi connectivity index (χ0) is 16.1. The molecule has 0 aliphatic carbocycles. The topological polar surface area (TPSA) is 69.6 Å². The van der Waals surface area contributed by atoms with E-state index in [-0.39, 0.29) is 11.8 Å². The van der Waals surface area contributed by atoms with Gasteiger partial charge in [-0.1, -0.05) is 18.5 Å². The molecule has 0 radical (unpaired) electrons. The van der Waals surface area contributed by atoms with E-state index < -0.39 is 6.10 Å². The quantitative estimate of drug-likeness (QED) is 0.844. The number of nitrogens with one attached hydrogen (secondary N) is 1. The van der Waals surface area contributed by atoms with Crippen molar-refractivity contribution in [3.63, 3.8) is 0 Å². The first-order valence-electron chi connectivity index (χ1n) is 7.59. The Bertz CT molecular complexity index is 562. The molecule has 1 unspecified atom stereocenters. The second-order valence-corrected chi connectivity index (χ2v) is 5.83. The molecule has 6 heteroatoms. The number of hydrogen-bond acceptors (Lipinski definition) is 3. The van der Waals surface area contributed by atoms with Crippen LogP contribution in [-0.2, 0) is 4.79 Å². The maximum atomic E-state index is 12.2. The van der Waals surface area contributed by atoms with Crippen molar-refractivity contribution < 1.29 is 14.7 Å². The van der Waals surface area contributed by atoms with E-state index in [0.717, 1.165) is 6.42 Å². The van der Waals surface area contributed by atoms with E-state index in [1.165, 1.54) is 0 Å². The first-order valence-corrected chi connectivity index (χ1v) is 7.97. The van der Waals surface area contributed by atoms with Crippen LogP contribution in [0.2, 0.25) is 5.02 Å². The standard InChI is InChI=1S/C16H21ClN2O3/c1-2-12(20)7-8-18-16(22)13-10-11(5-6-14(13)17)19-9-3-4-15(19)21/h5-6,10,12,20H,2-4,7-9H2,1H3,(H,18,22). The van der Waals surface area contributed by atoms with Gasteiger partial charge >= 0.3 is 0 Å². The van der Waals surface area contributed by atoms with Gasteiger partial charge in [0.1, 0.15) is 0 Å². The fourth-order valence-electron chi connectivity index (χ4n) is 2.43. The maximum Gasteiger partial charge on any atom is 0.252 e. The van der Waals surface area contributed by atoms with Gasteiger partial charge in [0.15, 0.2) is 0 Å². The van der Waals surface area contributed by atoms with Crippen molar-refractivity contribution in [2.24, 2.45) is 0 Å². The number of nitrogens with zero attached hydrogens (tertiary/aromatic N) is 1. The molecule has 5 nitrogen and oxygen atoms in total. The summed E-state index contributed by atoms with van der Waals surface area (Å²) >= 11 is 6.09. The zero-order valence-corrected chi connectivity index (χ0v) is 13.4. The largest absolute Gasteiger partial charge is 0.393 e. The van der Waals surface area contributed by atoms with Crippen LogP contribution in [0.5, 0.6) is 0 Å². The van der Waals surface area contributed by atoms with Crippen molar-refractivity contribution >= 4 is 29.1 Å². The number of carbonyl (C=O) groups is 2. The predicted octanol–water partition coefficient (Wildman–Crippen LogP) is 2.36. The number of halogens is 1.